The summed E-state index contributed by atoms with van der Waals surface area (Å²) in [5.41, 5.74) is 5.72. The third-order valence-corrected chi connectivity index (χ3v) is 7.76. The van der Waals surface area contributed by atoms with Crippen LogP contribution in [0.25, 0.3) is 0 Å². The molecule has 1 fully saturated rings. The molecule has 1 aliphatic rings. The fourth-order valence-electron chi connectivity index (χ4n) is 2.66. The number of nitrogens with zero attached hydrogens (tertiary/aromatic N) is 1. The number of nitrogens with two attached hydrogens (primary N) is 1. The molecular formula is C13H22N2O2S2. The van der Waals surface area contributed by atoms with Gasteiger partial charge in [-0.05, 0) is 36.8 Å². The van der Waals surface area contributed by atoms with E-state index in [2.05, 4.69) is 13.8 Å². The van der Waals surface area contributed by atoms with Crippen LogP contribution < -0.4 is 5.73 Å². The van der Waals surface area contributed by atoms with E-state index in [1.54, 1.807) is 16.4 Å². The standard InChI is InChI=1S/C13H22N2O2S2/c1-3-13(4-2)7-8-15(10-13)19(16,17)12-6-5-11(9-14)18-12/h5-6H,3-4,7-10,14H2,1-2H3. The minimum Gasteiger partial charge on any atom is -0.326 e. The van der Waals surface area contributed by atoms with Gasteiger partial charge in [-0.1, -0.05) is 13.8 Å². The lowest BCUT2D eigenvalue weighted by molar-refractivity contribution is 0.280. The predicted octanol–water partition coefficient (Wildman–Crippen LogP) is 2.41. The van der Waals surface area contributed by atoms with Crippen LogP contribution in [0, 0.1) is 5.41 Å². The van der Waals surface area contributed by atoms with E-state index in [0.29, 0.717) is 23.8 Å². The van der Waals surface area contributed by atoms with Gasteiger partial charge in [0.1, 0.15) is 4.21 Å². The van der Waals surface area contributed by atoms with Crippen molar-refractivity contribution in [2.75, 3.05) is 13.1 Å². The van der Waals surface area contributed by atoms with Crippen molar-refractivity contribution in [1.29, 1.82) is 0 Å². The molecule has 0 atom stereocenters. The molecule has 0 unspecified atom stereocenters. The molecule has 1 aromatic rings. The van der Waals surface area contributed by atoms with Gasteiger partial charge in [-0.3, -0.25) is 0 Å². The minimum atomic E-state index is -3.32. The molecule has 0 saturated carbocycles. The summed E-state index contributed by atoms with van der Waals surface area (Å²) in [5.74, 6) is 0. The van der Waals surface area contributed by atoms with Gasteiger partial charge in [0.05, 0.1) is 0 Å². The van der Waals surface area contributed by atoms with Crippen molar-refractivity contribution >= 4 is 21.4 Å². The van der Waals surface area contributed by atoms with Gasteiger partial charge < -0.3 is 5.73 Å². The summed E-state index contributed by atoms with van der Waals surface area (Å²) in [5, 5.41) is 0. The van der Waals surface area contributed by atoms with Gasteiger partial charge in [-0.15, -0.1) is 11.3 Å². The van der Waals surface area contributed by atoms with Crippen molar-refractivity contribution in [2.24, 2.45) is 11.1 Å². The molecule has 1 aliphatic heterocycles. The van der Waals surface area contributed by atoms with Gasteiger partial charge in [0.25, 0.3) is 10.0 Å². The Morgan fingerprint density at radius 2 is 2.05 bits per heavy atom. The first kappa shape index (κ1) is 15.0. The third kappa shape index (κ3) is 2.72. The number of hydrogen-bond donors (Lipinski definition) is 1. The summed E-state index contributed by atoms with van der Waals surface area (Å²) >= 11 is 1.29. The normalized spacial score (nSPS) is 19.9. The van der Waals surface area contributed by atoms with E-state index in [0.717, 1.165) is 24.1 Å². The summed E-state index contributed by atoms with van der Waals surface area (Å²) in [6.45, 7) is 5.99. The molecule has 0 aromatic carbocycles. The van der Waals surface area contributed by atoms with Crippen molar-refractivity contribution in [3.8, 4) is 0 Å². The average Bonchev–Trinajstić information content (AvgIpc) is 3.06. The second-order valence-corrected chi connectivity index (χ2v) is 8.55. The molecule has 1 saturated heterocycles. The van der Waals surface area contributed by atoms with Crippen molar-refractivity contribution in [1.82, 2.24) is 4.31 Å². The summed E-state index contributed by atoms with van der Waals surface area (Å²) in [7, 11) is -3.32. The smallest absolute Gasteiger partial charge is 0.252 e. The van der Waals surface area contributed by atoms with Crippen molar-refractivity contribution in [3.63, 3.8) is 0 Å². The second-order valence-electron chi connectivity index (χ2n) is 5.22. The van der Waals surface area contributed by atoms with Gasteiger partial charge in [0.15, 0.2) is 0 Å². The third-order valence-electron chi connectivity index (χ3n) is 4.34. The highest BCUT2D eigenvalue weighted by Gasteiger charge is 2.40. The Labute approximate surface area is 119 Å². The molecule has 4 nitrogen and oxygen atoms in total. The zero-order chi connectivity index (χ0) is 14.1. The Morgan fingerprint density at radius 3 is 2.53 bits per heavy atom. The molecule has 0 bridgehead atoms. The zero-order valence-corrected chi connectivity index (χ0v) is 13.2. The Morgan fingerprint density at radius 1 is 1.37 bits per heavy atom. The van der Waals surface area contributed by atoms with E-state index in [1.807, 2.05) is 0 Å². The first-order chi connectivity index (χ1) is 8.97. The van der Waals surface area contributed by atoms with Crippen molar-refractivity contribution in [3.05, 3.63) is 17.0 Å². The molecule has 108 valence electrons. The maximum absolute atomic E-state index is 12.6. The summed E-state index contributed by atoms with van der Waals surface area (Å²) in [6.07, 6.45) is 3.04. The topological polar surface area (TPSA) is 63.4 Å². The molecule has 0 aliphatic carbocycles. The Kier molecular flexibility index (Phi) is 4.35. The van der Waals surface area contributed by atoms with Crippen LogP contribution in [0.3, 0.4) is 0 Å². The van der Waals surface area contributed by atoms with Crippen LogP contribution in [-0.2, 0) is 16.6 Å². The van der Waals surface area contributed by atoms with Crippen LogP contribution in [-0.4, -0.2) is 25.8 Å². The maximum Gasteiger partial charge on any atom is 0.252 e. The number of rotatable bonds is 5. The lowest BCUT2D eigenvalue weighted by Gasteiger charge is -2.26. The van der Waals surface area contributed by atoms with E-state index in [-0.39, 0.29) is 5.41 Å². The largest absolute Gasteiger partial charge is 0.326 e. The fourth-order valence-corrected chi connectivity index (χ4v) is 5.60. The first-order valence-corrected chi connectivity index (χ1v) is 9.02. The van der Waals surface area contributed by atoms with Crippen LogP contribution in [0.5, 0.6) is 0 Å². The van der Waals surface area contributed by atoms with Crippen LogP contribution >= 0.6 is 11.3 Å². The monoisotopic (exact) mass is 302 g/mol. The van der Waals surface area contributed by atoms with E-state index >= 15 is 0 Å². The molecule has 2 N–H and O–H groups in total. The molecule has 19 heavy (non-hydrogen) atoms. The lowest BCUT2D eigenvalue weighted by atomic mass is 9.82. The fraction of sp³-hybridized carbons (Fsp3) is 0.692. The maximum atomic E-state index is 12.6. The van der Waals surface area contributed by atoms with Crippen molar-refractivity contribution < 1.29 is 8.42 Å². The van der Waals surface area contributed by atoms with Gasteiger partial charge in [0, 0.05) is 24.5 Å². The predicted molar refractivity (Wildman–Crippen MR) is 78.6 cm³/mol. The molecule has 0 amide bonds. The average molecular weight is 302 g/mol. The number of thiophene rings is 1. The van der Waals surface area contributed by atoms with E-state index in [4.69, 9.17) is 5.73 Å². The summed E-state index contributed by atoms with van der Waals surface area (Å²) in [6, 6.07) is 3.49. The SMILES string of the molecule is CCC1(CC)CCN(S(=O)(=O)c2ccc(CN)s2)C1. The Balaban J connectivity index is 2.22. The zero-order valence-electron chi connectivity index (χ0n) is 11.6. The molecule has 2 heterocycles. The molecule has 1 aromatic heterocycles. The molecule has 2 rings (SSSR count). The van der Waals surface area contributed by atoms with Gasteiger partial charge >= 0.3 is 0 Å². The van der Waals surface area contributed by atoms with Crippen LogP contribution in [0.4, 0.5) is 0 Å². The highest BCUT2D eigenvalue weighted by molar-refractivity contribution is 7.91. The molecule has 6 heteroatoms. The van der Waals surface area contributed by atoms with Crippen LogP contribution in [0.15, 0.2) is 16.3 Å². The number of hydrogen-bond acceptors (Lipinski definition) is 4. The Bertz CT molecular complexity index is 533. The van der Waals surface area contributed by atoms with E-state index in [1.165, 1.54) is 11.3 Å². The summed E-state index contributed by atoms with van der Waals surface area (Å²) < 4.78 is 27.2. The second kappa shape index (κ2) is 5.52. The first-order valence-electron chi connectivity index (χ1n) is 6.76. The van der Waals surface area contributed by atoms with Crippen LogP contribution in [0.1, 0.15) is 38.0 Å². The number of sulfonamides is 1. The minimum absolute atomic E-state index is 0.168. The molecular weight excluding hydrogens is 280 g/mol. The van der Waals surface area contributed by atoms with Gasteiger partial charge in [-0.25, -0.2) is 8.42 Å². The van der Waals surface area contributed by atoms with Gasteiger partial charge in [-0.2, -0.15) is 4.31 Å². The van der Waals surface area contributed by atoms with E-state index in [9.17, 15) is 8.42 Å². The van der Waals surface area contributed by atoms with E-state index < -0.39 is 10.0 Å². The Hall–Kier alpha value is -0.430. The lowest BCUT2D eigenvalue weighted by Crippen LogP contribution is -2.31. The molecule has 0 spiro atoms. The highest BCUT2D eigenvalue weighted by atomic mass is 32.2. The summed E-state index contributed by atoms with van der Waals surface area (Å²) in [4.78, 5) is 0.912. The van der Waals surface area contributed by atoms with Crippen LogP contribution in [0.2, 0.25) is 0 Å². The quantitative estimate of drug-likeness (QED) is 0.908. The van der Waals surface area contributed by atoms with Gasteiger partial charge in [0.2, 0.25) is 0 Å². The van der Waals surface area contributed by atoms with Crippen molar-refractivity contribution in [2.45, 2.75) is 43.9 Å². The molecule has 0 radical (unpaired) electrons. The highest BCUT2D eigenvalue weighted by Crippen LogP contribution is 2.40.